The Morgan fingerprint density at radius 2 is 1.74 bits per heavy atom. The van der Waals surface area contributed by atoms with Crippen molar-refractivity contribution in [3.05, 3.63) is 42.7 Å². The number of carbonyl (C=O) groups is 1. The van der Waals surface area contributed by atoms with Crippen molar-refractivity contribution in [3.8, 4) is 11.8 Å². The minimum atomic E-state index is -4.75. The lowest BCUT2D eigenvalue weighted by Gasteiger charge is -2.31. The number of halogens is 3. The molecule has 0 atom stereocenters. The van der Waals surface area contributed by atoms with Gasteiger partial charge in [-0.15, -0.1) is 13.2 Å². The van der Waals surface area contributed by atoms with Gasteiger partial charge in [-0.25, -0.2) is 14.8 Å². The molecule has 3 rings (SSSR count). The van der Waals surface area contributed by atoms with Gasteiger partial charge in [-0.2, -0.15) is 0 Å². The van der Waals surface area contributed by atoms with E-state index in [2.05, 4.69) is 20.0 Å². The molecule has 1 fully saturated rings. The molecule has 0 bridgehead atoms. The number of anilines is 1. The van der Waals surface area contributed by atoms with Gasteiger partial charge < -0.3 is 19.7 Å². The van der Waals surface area contributed by atoms with Crippen molar-refractivity contribution >= 4 is 11.7 Å². The highest BCUT2D eigenvalue weighted by molar-refractivity contribution is 5.89. The average Bonchev–Trinajstić information content (AvgIpc) is 2.63. The number of likely N-dealkylation sites (tertiary alicyclic amines) is 1. The highest BCUT2D eigenvalue weighted by atomic mass is 19.4. The number of hydrogen-bond acceptors (Lipinski definition) is 5. The topological polar surface area (TPSA) is 76.6 Å². The standard InChI is InChI=1S/C17H17F3N4O3/c18-17(19,20)27-14-4-2-12(3-5-14)23-16(25)24-10-6-13(7-11-24)26-15-21-8-1-9-22-15/h1-5,8-9,13H,6-7,10-11H2,(H,23,25). The predicted octanol–water partition coefficient (Wildman–Crippen LogP) is 3.45. The number of alkyl halides is 3. The lowest BCUT2D eigenvalue weighted by molar-refractivity contribution is -0.274. The number of hydrogen-bond donors (Lipinski definition) is 1. The third-order valence-electron chi connectivity index (χ3n) is 3.88. The largest absolute Gasteiger partial charge is 0.573 e. The highest BCUT2D eigenvalue weighted by Gasteiger charge is 2.31. The van der Waals surface area contributed by atoms with Crippen LogP contribution in [0.2, 0.25) is 0 Å². The fraction of sp³-hybridized carbons (Fsp3) is 0.353. The van der Waals surface area contributed by atoms with Crippen LogP contribution in [-0.4, -0.2) is 46.5 Å². The maximum absolute atomic E-state index is 12.3. The Kier molecular flexibility index (Phi) is 5.63. The van der Waals surface area contributed by atoms with E-state index in [1.165, 1.54) is 12.1 Å². The Labute approximate surface area is 153 Å². The van der Waals surface area contributed by atoms with E-state index in [0.717, 1.165) is 12.1 Å². The second-order valence-electron chi connectivity index (χ2n) is 5.84. The molecular weight excluding hydrogens is 365 g/mol. The van der Waals surface area contributed by atoms with Crippen LogP contribution in [-0.2, 0) is 0 Å². The number of carbonyl (C=O) groups excluding carboxylic acids is 1. The molecule has 0 unspecified atom stereocenters. The molecule has 2 aromatic rings. The third kappa shape index (κ3) is 5.73. The summed E-state index contributed by atoms with van der Waals surface area (Å²) >= 11 is 0. The number of rotatable bonds is 4. The van der Waals surface area contributed by atoms with Gasteiger partial charge in [0.25, 0.3) is 0 Å². The van der Waals surface area contributed by atoms with Gasteiger partial charge in [0.15, 0.2) is 0 Å². The molecule has 1 N–H and O–H groups in total. The first kappa shape index (κ1) is 18.7. The van der Waals surface area contributed by atoms with Gasteiger partial charge in [0.2, 0.25) is 0 Å². The Morgan fingerprint density at radius 3 is 2.33 bits per heavy atom. The molecular formula is C17H17F3N4O3. The van der Waals surface area contributed by atoms with Crippen LogP contribution >= 0.6 is 0 Å². The summed E-state index contributed by atoms with van der Waals surface area (Å²) in [6, 6.07) is 6.66. The van der Waals surface area contributed by atoms with Crippen LogP contribution in [0.25, 0.3) is 0 Å². The third-order valence-corrected chi connectivity index (χ3v) is 3.88. The summed E-state index contributed by atoms with van der Waals surface area (Å²) in [7, 11) is 0. The summed E-state index contributed by atoms with van der Waals surface area (Å²) in [6.07, 6.45) is -0.378. The molecule has 2 amide bonds. The first-order valence-corrected chi connectivity index (χ1v) is 8.24. The van der Waals surface area contributed by atoms with Crippen molar-refractivity contribution in [2.45, 2.75) is 25.3 Å². The zero-order valence-electron chi connectivity index (χ0n) is 14.1. The van der Waals surface area contributed by atoms with Crippen LogP contribution in [0, 0.1) is 0 Å². The molecule has 1 aromatic heterocycles. The van der Waals surface area contributed by atoms with E-state index < -0.39 is 6.36 Å². The van der Waals surface area contributed by atoms with E-state index in [4.69, 9.17) is 4.74 Å². The molecule has 144 valence electrons. The van der Waals surface area contributed by atoms with E-state index in [-0.39, 0.29) is 17.9 Å². The number of benzene rings is 1. The summed E-state index contributed by atoms with van der Waals surface area (Å²) in [5.41, 5.74) is 0.380. The molecule has 0 radical (unpaired) electrons. The van der Waals surface area contributed by atoms with E-state index in [0.29, 0.717) is 37.6 Å². The molecule has 2 heterocycles. The minimum Gasteiger partial charge on any atom is -0.460 e. The first-order valence-electron chi connectivity index (χ1n) is 8.24. The second kappa shape index (κ2) is 8.11. The summed E-state index contributed by atoms with van der Waals surface area (Å²) in [4.78, 5) is 21.9. The molecule has 1 aliphatic rings. The number of ether oxygens (including phenoxy) is 2. The van der Waals surface area contributed by atoms with Gasteiger partial charge in [0.1, 0.15) is 11.9 Å². The van der Waals surface area contributed by atoms with Gasteiger partial charge >= 0.3 is 18.4 Å². The fourth-order valence-electron chi connectivity index (χ4n) is 2.61. The summed E-state index contributed by atoms with van der Waals surface area (Å²) in [6.45, 7) is 0.969. The highest BCUT2D eigenvalue weighted by Crippen LogP contribution is 2.24. The molecule has 27 heavy (non-hydrogen) atoms. The molecule has 1 aromatic carbocycles. The van der Waals surface area contributed by atoms with Gasteiger partial charge in [-0.05, 0) is 30.3 Å². The molecule has 0 aliphatic carbocycles. The number of piperidine rings is 1. The molecule has 7 nitrogen and oxygen atoms in total. The Hall–Kier alpha value is -3.04. The first-order chi connectivity index (χ1) is 12.9. The minimum absolute atomic E-state index is 0.0738. The van der Waals surface area contributed by atoms with Crippen LogP contribution in [0.3, 0.4) is 0 Å². The quantitative estimate of drug-likeness (QED) is 0.877. The van der Waals surface area contributed by atoms with E-state index in [1.807, 2.05) is 0 Å². The van der Waals surface area contributed by atoms with Crippen molar-refractivity contribution < 1.29 is 27.4 Å². The van der Waals surface area contributed by atoms with Crippen molar-refractivity contribution in [1.82, 2.24) is 14.9 Å². The van der Waals surface area contributed by atoms with Gasteiger partial charge in [0, 0.05) is 44.0 Å². The van der Waals surface area contributed by atoms with E-state index in [9.17, 15) is 18.0 Å². The maximum atomic E-state index is 12.3. The number of aromatic nitrogens is 2. The van der Waals surface area contributed by atoms with Crippen LogP contribution < -0.4 is 14.8 Å². The maximum Gasteiger partial charge on any atom is 0.573 e. The lowest BCUT2D eigenvalue weighted by Crippen LogP contribution is -2.43. The summed E-state index contributed by atoms with van der Waals surface area (Å²) < 4.78 is 45.9. The lowest BCUT2D eigenvalue weighted by atomic mass is 10.1. The predicted molar refractivity (Wildman–Crippen MR) is 89.4 cm³/mol. The van der Waals surface area contributed by atoms with Gasteiger partial charge in [-0.3, -0.25) is 0 Å². The van der Waals surface area contributed by atoms with Crippen LogP contribution in [0.1, 0.15) is 12.8 Å². The zero-order chi connectivity index (χ0) is 19.3. The van der Waals surface area contributed by atoms with Crippen molar-refractivity contribution in [1.29, 1.82) is 0 Å². The zero-order valence-corrected chi connectivity index (χ0v) is 14.1. The number of urea groups is 1. The number of amides is 2. The van der Waals surface area contributed by atoms with Gasteiger partial charge in [-0.1, -0.05) is 0 Å². The van der Waals surface area contributed by atoms with Crippen LogP contribution in [0.4, 0.5) is 23.7 Å². The SMILES string of the molecule is O=C(Nc1ccc(OC(F)(F)F)cc1)N1CCC(Oc2ncccn2)CC1. The fourth-order valence-corrected chi connectivity index (χ4v) is 2.61. The Bertz CT molecular complexity index is 748. The molecule has 1 saturated heterocycles. The van der Waals surface area contributed by atoms with Gasteiger partial charge in [0.05, 0.1) is 0 Å². The van der Waals surface area contributed by atoms with Crippen molar-refractivity contribution in [3.63, 3.8) is 0 Å². The summed E-state index contributed by atoms with van der Waals surface area (Å²) in [5, 5.41) is 2.65. The Morgan fingerprint density at radius 1 is 1.11 bits per heavy atom. The second-order valence-corrected chi connectivity index (χ2v) is 5.84. The molecule has 0 spiro atoms. The number of nitrogens with one attached hydrogen (secondary N) is 1. The monoisotopic (exact) mass is 382 g/mol. The number of nitrogens with zero attached hydrogens (tertiary/aromatic N) is 3. The smallest absolute Gasteiger partial charge is 0.460 e. The molecule has 10 heteroatoms. The normalized spacial score (nSPS) is 15.3. The van der Waals surface area contributed by atoms with E-state index >= 15 is 0 Å². The van der Waals surface area contributed by atoms with Crippen LogP contribution in [0.15, 0.2) is 42.7 Å². The van der Waals surface area contributed by atoms with Crippen molar-refractivity contribution in [2.75, 3.05) is 18.4 Å². The summed E-state index contributed by atoms with van der Waals surface area (Å²) in [5.74, 6) is -0.346. The van der Waals surface area contributed by atoms with Crippen LogP contribution in [0.5, 0.6) is 11.8 Å². The molecule has 1 aliphatic heterocycles. The van der Waals surface area contributed by atoms with E-state index in [1.54, 1.807) is 23.4 Å². The average molecular weight is 382 g/mol. The Balaban J connectivity index is 1.46. The van der Waals surface area contributed by atoms with Crippen molar-refractivity contribution in [2.24, 2.45) is 0 Å². The molecule has 0 saturated carbocycles.